The van der Waals surface area contributed by atoms with E-state index in [4.69, 9.17) is 0 Å². The SMILES string of the molecule is O=C1CC(O)(c2ccc(-c3ccccc3)cc2)CN1Cc1ccccc1. The van der Waals surface area contributed by atoms with Crippen molar-refractivity contribution in [2.24, 2.45) is 0 Å². The first-order valence-corrected chi connectivity index (χ1v) is 8.84. The minimum Gasteiger partial charge on any atom is -0.383 e. The van der Waals surface area contributed by atoms with E-state index in [0.717, 1.165) is 22.3 Å². The van der Waals surface area contributed by atoms with Crippen LogP contribution in [0.15, 0.2) is 84.9 Å². The number of hydrogen-bond acceptors (Lipinski definition) is 2. The zero-order valence-corrected chi connectivity index (χ0v) is 14.5. The van der Waals surface area contributed by atoms with Crippen molar-refractivity contribution in [3.8, 4) is 11.1 Å². The quantitative estimate of drug-likeness (QED) is 0.778. The Hall–Kier alpha value is -2.91. The Bertz CT molecular complexity index is 891. The maximum absolute atomic E-state index is 12.4. The van der Waals surface area contributed by atoms with Crippen LogP contribution in [0.4, 0.5) is 0 Å². The summed E-state index contributed by atoms with van der Waals surface area (Å²) in [5, 5.41) is 11.1. The van der Waals surface area contributed by atoms with Crippen molar-refractivity contribution in [2.45, 2.75) is 18.6 Å². The molecular weight excluding hydrogens is 322 g/mol. The van der Waals surface area contributed by atoms with Crippen molar-refractivity contribution in [3.63, 3.8) is 0 Å². The van der Waals surface area contributed by atoms with Gasteiger partial charge >= 0.3 is 0 Å². The smallest absolute Gasteiger partial charge is 0.226 e. The topological polar surface area (TPSA) is 40.5 Å². The molecule has 0 aliphatic carbocycles. The lowest BCUT2D eigenvalue weighted by molar-refractivity contribution is -0.128. The molecular formula is C23H21NO2. The zero-order valence-electron chi connectivity index (χ0n) is 14.5. The van der Waals surface area contributed by atoms with Gasteiger partial charge in [-0.2, -0.15) is 0 Å². The third-order valence-electron chi connectivity index (χ3n) is 4.99. The van der Waals surface area contributed by atoms with E-state index in [1.54, 1.807) is 4.90 Å². The maximum Gasteiger partial charge on any atom is 0.226 e. The monoisotopic (exact) mass is 343 g/mol. The van der Waals surface area contributed by atoms with Gasteiger partial charge in [0.1, 0.15) is 5.60 Å². The number of amides is 1. The molecule has 1 saturated heterocycles. The second-order valence-corrected chi connectivity index (χ2v) is 6.89. The minimum absolute atomic E-state index is 0.0107. The summed E-state index contributed by atoms with van der Waals surface area (Å²) in [5.74, 6) is -0.0107. The molecule has 3 aromatic carbocycles. The standard InChI is InChI=1S/C23H21NO2/c25-22-15-23(26,17-24(22)16-18-7-3-1-4-8-18)21-13-11-20(12-14-21)19-9-5-2-6-10-19/h1-14,26H,15-17H2. The van der Waals surface area contributed by atoms with Crippen molar-refractivity contribution < 1.29 is 9.90 Å². The van der Waals surface area contributed by atoms with Gasteiger partial charge in [0.15, 0.2) is 0 Å². The predicted molar refractivity (Wildman–Crippen MR) is 102 cm³/mol. The van der Waals surface area contributed by atoms with Gasteiger partial charge in [0.05, 0.1) is 13.0 Å². The van der Waals surface area contributed by atoms with Gasteiger partial charge in [-0.05, 0) is 22.3 Å². The molecule has 3 aromatic rings. The molecule has 1 atom stereocenters. The van der Waals surface area contributed by atoms with Crippen LogP contribution in [0, 0.1) is 0 Å². The summed E-state index contributed by atoms with van der Waals surface area (Å²) in [5.41, 5.74) is 2.98. The maximum atomic E-state index is 12.4. The van der Waals surface area contributed by atoms with Gasteiger partial charge in [-0.3, -0.25) is 4.79 Å². The summed E-state index contributed by atoms with van der Waals surface area (Å²) in [6.07, 6.45) is 0.129. The van der Waals surface area contributed by atoms with Crippen molar-refractivity contribution >= 4 is 5.91 Å². The molecule has 0 saturated carbocycles. The average Bonchev–Trinajstić information content (AvgIpc) is 2.98. The van der Waals surface area contributed by atoms with E-state index < -0.39 is 5.60 Å². The third-order valence-corrected chi connectivity index (χ3v) is 4.99. The van der Waals surface area contributed by atoms with Gasteiger partial charge in [-0.25, -0.2) is 0 Å². The Morgan fingerprint density at radius 3 is 2.04 bits per heavy atom. The summed E-state index contributed by atoms with van der Waals surface area (Å²) >= 11 is 0. The molecule has 1 unspecified atom stereocenters. The summed E-state index contributed by atoms with van der Waals surface area (Å²) in [6, 6.07) is 27.9. The van der Waals surface area contributed by atoms with E-state index in [1.807, 2.05) is 72.8 Å². The first-order valence-electron chi connectivity index (χ1n) is 8.84. The highest BCUT2D eigenvalue weighted by atomic mass is 16.3. The van der Waals surface area contributed by atoms with Gasteiger partial charge in [-0.1, -0.05) is 84.9 Å². The van der Waals surface area contributed by atoms with E-state index in [2.05, 4.69) is 12.1 Å². The number of aliphatic hydroxyl groups is 1. The lowest BCUT2D eigenvalue weighted by Crippen LogP contribution is -2.31. The number of carbonyl (C=O) groups is 1. The van der Waals surface area contributed by atoms with E-state index in [-0.39, 0.29) is 12.3 Å². The Morgan fingerprint density at radius 2 is 1.38 bits per heavy atom. The molecule has 1 amide bonds. The first kappa shape index (κ1) is 16.6. The lowest BCUT2D eigenvalue weighted by Gasteiger charge is -2.24. The number of likely N-dealkylation sites (tertiary alicyclic amines) is 1. The molecule has 26 heavy (non-hydrogen) atoms. The fourth-order valence-electron chi connectivity index (χ4n) is 3.57. The van der Waals surface area contributed by atoms with Crippen LogP contribution < -0.4 is 0 Å². The van der Waals surface area contributed by atoms with Crippen molar-refractivity contribution in [3.05, 3.63) is 96.1 Å². The summed E-state index contributed by atoms with van der Waals surface area (Å²) in [7, 11) is 0. The largest absolute Gasteiger partial charge is 0.383 e. The Labute approximate surface area is 153 Å². The molecule has 3 nitrogen and oxygen atoms in total. The number of benzene rings is 3. The summed E-state index contributed by atoms with van der Waals surface area (Å²) in [6.45, 7) is 0.857. The number of rotatable bonds is 4. The highest BCUT2D eigenvalue weighted by molar-refractivity contribution is 5.80. The molecule has 3 heteroatoms. The fourth-order valence-corrected chi connectivity index (χ4v) is 3.57. The molecule has 1 heterocycles. The molecule has 4 rings (SSSR count). The fraction of sp³-hybridized carbons (Fsp3) is 0.174. The highest BCUT2D eigenvalue weighted by Crippen LogP contribution is 2.34. The van der Waals surface area contributed by atoms with Crippen LogP contribution in [0.3, 0.4) is 0 Å². The summed E-state index contributed by atoms with van der Waals surface area (Å²) in [4.78, 5) is 14.2. The van der Waals surface area contributed by atoms with Crippen LogP contribution in [0.25, 0.3) is 11.1 Å². The first-order chi connectivity index (χ1) is 12.6. The molecule has 0 radical (unpaired) electrons. The Kier molecular flexibility index (Phi) is 4.31. The van der Waals surface area contributed by atoms with Gasteiger partial charge < -0.3 is 10.0 Å². The highest BCUT2D eigenvalue weighted by Gasteiger charge is 2.42. The number of carbonyl (C=O) groups excluding carboxylic acids is 1. The number of β-amino-alcohol motifs (C(OH)–C–C–N with tert-alkyl or cyclic N) is 1. The van der Waals surface area contributed by atoms with Crippen molar-refractivity contribution in [1.29, 1.82) is 0 Å². The molecule has 130 valence electrons. The van der Waals surface area contributed by atoms with E-state index in [0.29, 0.717) is 13.1 Å². The minimum atomic E-state index is -1.12. The molecule has 0 spiro atoms. The number of hydrogen-bond donors (Lipinski definition) is 1. The molecule has 1 aliphatic heterocycles. The van der Waals surface area contributed by atoms with Crippen molar-refractivity contribution in [1.82, 2.24) is 4.90 Å². The third kappa shape index (κ3) is 3.26. The van der Waals surface area contributed by atoms with Gasteiger partial charge in [-0.15, -0.1) is 0 Å². The van der Waals surface area contributed by atoms with E-state index in [1.165, 1.54) is 0 Å². The summed E-state index contributed by atoms with van der Waals surface area (Å²) < 4.78 is 0. The van der Waals surface area contributed by atoms with Crippen LogP contribution in [0.5, 0.6) is 0 Å². The Morgan fingerprint density at radius 1 is 0.808 bits per heavy atom. The van der Waals surface area contributed by atoms with Crippen molar-refractivity contribution in [2.75, 3.05) is 6.54 Å². The Balaban J connectivity index is 1.53. The van der Waals surface area contributed by atoms with Crippen LogP contribution in [-0.4, -0.2) is 22.5 Å². The van der Waals surface area contributed by atoms with Gasteiger partial charge in [0.25, 0.3) is 0 Å². The second-order valence-electron chi connectivity index (χ2n) is 6.89. The zero-order chi connectivity index (χ0) is 18.0. The molecule has 0 bridgehead atoms. The van der Waals surface area contributed by atoms with Crippen LogP contribution >= 0.6 is 0 Å². The molecule has 1 fully saturated rings. The number of nitrogens with zero attached hydrogens (tertiary/aromatic N) is 1. The predicted octanol–water partition coefficient (Wildman–Crippen LogP) is 3.97. The van der Waals surface area contributed by atoms with Crippen LogP contribution in [0.2, 0.25) is 0 Å². The second kappa shape index (κ2) is 6.77. The van der Waals surface area contributed by atoms with Gasteiger partial charge in [0.2, 0.25) is 5.91 Å². The van der Waals surface area contributed by atoms with Gasteiger partial charge in [0, 0.05) is 6.54 Å². The molecule has 1 aliphatic rings. The normalized spacial score (nSPS) is 19.7. The molecule has 1 N–H and O–H groups in total. The van der Waals surface area contributed by atoms with Crippen LogP contribution in [-0.2, 0) is 16.9 Å². The average molecular weight is 343 g/mol. The van der Waals surface area contributed by atoms with Crippen LogP contribution in [0.1, 0.15) is 17.5 Å². The lowest BCUT2D eigenvalue weighted by atomic mass is 9.91. The van der Waals surface area contributed by atoms with E-state index >= 15 is 0 Å². The van der Waals surface area contributed by atoms with E-state index in [9.17, 15) is 9.90 Å². The molecule has 0 aromatic heterocycles.